The standard InChI is InChI=1S/C13H13NO5/c15-9-6-14-11(12(16)17)10(9)13(18)19-7-8-4-2-1-3-5-8/h1-5,10-11,14H,6-7H2,(H,16,17)/t10?,11-/m0/s1. The van der Waals surface area contributed by atoms with Crippen molar-refractivity contribution >= 4 is 17.7 Å². The lowest BCUT2D eigenvalue weighted by molar-refractivity contribution is -0.157. The molecule has 1 fully saturated rings. The van der Waals surface area contributed by atoms with Crippen LogP contribution in [0.1, 0.15) is 5.56 Å². The fourth-order valence-electron chi connectivity index (χ4n) is 1.94. The molecule has 6 nitrogen and oxygen atoms in total. The number of benzene rings is 1. The molecule has 2 N–H and O–H groups in total. The van der Waals surface area contributed by atoms with Crippen molar-refractivity contribution in [3.8, 4) is 0 Å². The number of Topliss-reactive ketones (excluding diaryl/α,β-unsaturated/α-hetero) is 1. The zero-order valence-corrected chi connectivity index (χ0v) is 10.0. The summed E-state index contributed by atoms with van der Waals surface area (Å²) < 4.78 is 5.00. The summed E-state index contributed by atoms with van der Waals surface area (Å²) in [5, 5.41) is 11.4. The summed E-state index contributed by atoms with van der Waals surface area (Å²) in [6.07, 6.45) is 0. The van der Waals surface area contributed by atoms with Crippen molar-refractivity contribution in [1.29, 1.82) is 0 Å². The first kappa shape index (κ1) is 13.2. The van der Waals surface area contributed by atoms with E-state index in [0.717, 1.165) is 5.56 Å². The van der Waals surface area contributed by atoms with Gasteiger partial charge in [0.2, 0.25) is 0 Å². The summed E-state index contributed by atoms with van der Waals surface area (Å²) in [6, 6.07) is 7.77. The summed E-state index contributed by atoms with van der Waals surface area (Å²) in [7, 11) is 0. The van der Waals surface area contributed by atoms with Crippen molar-refractivity contribution in [2.24, 2.45) is 5.92 Å². The van der Waals surface area contributed by atoms with E-state index in [1.54, 1.807) is 24.3 Å². The second-order valence-corrected chi connectivity index (χ2v) is 4.23. The van der Waals surface area contributed by atoms with E-state index in [1.807, 2.05) is 6.07 Å². The lowest BCUT2D eigenvalue weighted by Crippen LogP contribution is -2.40. The first-order valence-corrected chi connectivity index (χ1v) is 5.79. The smallest absolute Gasteiger partial charge is 0.322 e. The fourth-order valence-corrected chi connectivity index (χ4v) is 1.94. The molecule has 19 heavy (non-hydrogen) atoms. The number of ether oxygens (including phenoxy) is 1. The predicted molar refractivity (Wildman–Crippen MR) is 64.2 cm³/mol. The molecule has 2 atom stereocenters. The van der Waals surface area contributed by atoms with Crippen LogP contribution in [-0.2, 0) is 25.7 Å². The molecule has 1 aromatic rings. The Balaban J connectivity index is 1.99. The quantitative estimate of drug-likeness (QED) is 0.585. The van der Waals surface area contributed by atoms with Gasteiger partial charge in [-0.1, -0.05) is 30.3 Å². The number of hydrogen-bond acceptors (Lipinski definition) is 5. The molecule has 2 rings (SSSR count). The Kier molecular flexibility index (Phi) is 3.91. The van der Waals surface area contributed by atoms with Gasteiger partial charge >= 0.3 is 11.9 Å². The molecule has 0 saturated carbocycles. The zero-order chi connectivity index (χ0) is 13.8. The fraction of sp³-hybridized carbons (Fsp3) is 0.308. The lowest BCUT2D eigenvalue weighted by atomic mass is 10.00. The molecule has 1 aliphatic rings. The number of esters is 1. The highest BCUT2D eigenvalue weighted by molar-refractivity contribution is 6.06. The average Bonchev–Trinajstić information content (AvgIpc) is 2.79. The number of ketones is 1. The third kappa shape index (κ3) is 2.97. The van der Waals surface area contributed by atoms with Gasteiger partial charge in [0.1, 0.15) is 18.6 Å². The van der Waals surface area contributed by atoms with E-state index in [1.165, 1.54) is 0 Å². The normalized spacial score (nSPS) is 22.2. The number of hydrogen-bond donors (Lipinski definition) is 2. The van der Waals surface area contributed by atoms with Gasteiger partial charge in [-0.25, -0.2) is 0 Å². The molecule has 0 bridgehead atoms. The van der Waals surface area contributed by atoms with E-state index in [4.69, 9.17) is 9.84 Å². The molecular formula is C13H13NO5. The maximum Gasteiger partial charge on any atom is 0.322 e. The average molecular weight is 263 g/mol. The van der Waals surface area contributed by atoms with Gasteiger partial charge in [-0.15, -0.1) is 0 Å². The summed E-state index contributed by atoms with van der Waals surface area (Å²) in [5.74, 6) is -3.74. The van der Waals surface area contributed by atoms with Crippen molar-refractivity contribution in [3.05, 3.63) is 35.9 Å². The minimum Gasteiger partial charge on any atom is -0.480 e. The van der Waals surface area contributed by atoms with Gasteiger partial charge in [-0.05, 0) is 5.56 Å². The highest BCUT2D eigenvalue weighted by atomic mass is 16.5. The molecule has 100 valence electrons. The molecule has 0 radical (unpaired) electrons. The predicted octanol–water partition coefficient (Wildman–Crippen LogP) is -0.0285. The van der Waals surface area contributed by atoms with Gasteiger partial charge in [0.25, 0.3) is 0 Å². The van der Waals surface area contributed by atoms with Gasteiger partial charge in [0.05, 0.1) is 6.54 Å². The Hall–Kier alpha value is -2.21. The zero-order valence-electron chi connectivity index (χ0n) is 10.0. The van der Waals surface area contributed by atoms with Crippen molar-refractivity contribution in [3.63, 3.8) is 0 Å². The summed E-state index contributed by atoms with van der Waals surface area (Å²) in [5.41, 5.74) is 0.779. The monoisotopic (exact) mass is 263 g/mol. The molecule has 6 heteroatoms. The molecule has 0 aromatic heterocycles. The van der Waals surface area contributed by atoms with Gasteiger partial charge in [-0.2, -0.15) is 0 Å². The van der Waals surface area contributed by atoms with Gasteiger partial charge < -0.3 is 9.84 Å². The molecule has 0 amide bonds. The molecule has 1 aliphatic heterocycles. The van der Waals surface area contributed by atoms with Crippen LogP contribution in [0.5, 0.6) is 0 Å². The summed E-state index contributed by atoms with van der Waals surface area (Å²) in [4.78, 5) is 34.2. The molecule has 1 aromatic carbocycles. The van der Waals surface area contributed by atoms with Crippen LogP contribution in [0.25, 0.3) is 0 Å². The Morgan fingerprint density at radius 2 is 2.00 bits per heavy atom. The highest BCUT2D eigenvalue weighted by Crippen LogP contribution is 2.15. The minimum absolute atomic E-state index is 0.0236. The van der Waals surface area contributed by atoms with E-state index >= 15 is 0 Å². The SMILES string of the molecule is O=C1CN[C@H](C(=O)O)C1C(=O)OCc1ccccc1. The van der Waals surface area contributed by atoms with Crippen molar-refractivity contribution in [2.75, 3.05) is 6.54 Å². The van der Waals surface area contributed by atoms with Crippen LogP contribution < -0.4 is 5.32 Å². The number of carbonyl (C=O) groups excluding carboxylic acids is 2. The second-order valence-electron chi connectivity index (χ2n) is 4.23. The van der Waals surface area contributed by atoms with Crippen molar-refractivity contribution < 1.29 is 24.2 Å². The first-order valence-electron chi connectivity index (χ1n) is 5.79. The van der Waals surface area contributed by atoms with Crippen molar-refractivity contribution in [2.45, 2.75) is 12.6 Å². The molecule has 0 spiro atoms. The summed E-state index contributed by atoms with van der Waals surface area (Å²) >= 11 is 0. The van der Waals surface area contributed by atoms with E-state index in [9.17, 15) is 14.4 Å². The number of carboxylic acid groups (broad SMARTS) is 1. The van der Waals surface area contributed by atoms with Crippen LogP contribution in [0, 0.1) is 5.92 Å². The van der Waals surface area contributed by atoms with Crippen molar-refractivity contribution in [1.82, 2.24) is 5.32 Å². The molecule has 1 saturated heterocycles. The number of carboxylic acids is 1. The van der Waals surface area contributed by atoms with Gasteiger partial charge in [0.15, 0.2) is 5.78 Å². The number of rotatable bonds is 4. The van der Waals surface area contributed by atoms with E-state index in [2.05, 4.69) is 5.32 Å². The van der Waals surface area contributed by atoms with Crippen LogP contribution >= 0.6 is 0 Å². The van der Waals surface area contributed by atoms with Gasteiger partial charge in [-0.3, -0.25) is 19.7 Å². The van der Waals surface area contributed by atoms with Crippen LogP contribution in [0.15, 0.2) is 30.3 Å². The topological polar surface area (TPSA) is 92.7 Å². The largest absolute Gasteiger partial charge is 0.480 e. The number of aliphatic carboxylic acids is 1. The van der Waals surface area contributed by atoms with Gasteiger partial charge in [0, 0.05) is 0 Å². The second kappa shape index (κ2) is 5.62. The number of carbonyl (C=O) groups is 3. The Morgan fingerprint density at radius 1 is 1.32 bits per heavy atom. The molecule has 1 unspecified atom stereocenters. The third-order valence-electron chi connectivity index (χ3n) is 2.92. The van der Waals surface area contributed by atoms with E-state index in [0.29, 0.717) is 0 Å². The maximum atomic E-state index is 11.8. The maximum absolute atomic E-state index is 11.8. The highest BCUT2D eigenvalue weighted by Gasteiger charge is 2.45. The molecule has 1 heterocycles. The van der Waals surface area contributed by atoms with Crippen LogP contribution in [0.2, 0.25) is 0 Å². The molecular weight excluding hydrogens is 250 g/mol. The van der Waals surface area contributed by atoms with E-state index in [-0.39, 0.29) is 13.2 Å². The lowest BCUT2D eigenvalue weighted by Gasteiger charge is -2.13. The van der Waals surface area contributed by atoms with Crippen LogP contribution in [0.3, 0.4) is 0 Å². The Labute approximate surface area is 109 Å². The molecule has 0 aliphatic carbocycles. The summed E-state index contributed by atoms with van der Waals surface area (Å²) in [6.45, 7) is -0.0993. The van der Waals surface area contributed by atoms with E-state index < -0.39 is 29.7 Å². The minimum atomic E-state index is -1.26. The van der Waals surface area contributed by atoms with Crippen LogP contribution in [-0.4, -0.2) is 35.4 Å². The first-order chi connectivity index (χ1) is 9.09. The number of nitrogens with one attached hydrogen (secondary N) is 1. The van der Waals surface area contributed by atoms with Crippen LogP contribution in [0.4, 0.5) is 0 Å². The Morgan fingerprint density at radius 3 is 2.63 bits per heavy atom. The third-order valence-corrected chi connectivity index (χ3v) is 2.92. The Bertz CT molecular complexity index is 499.